The van der Waals surface area contributed by atoms with Gasteiger partial charge in [0.05, 0.1) is 0 Å². The first-order valence-corrected chi connectivity index (χ1v) is 5.05. The highest BCUT2D eigenvalue weighted by molar-refractivity contribution is 5.68. The van der Waals surface area contributed by atoms with E-state index in [4.69, 9.17) is 5.11 Å². The Morgan fingerprint density at radius 2 is 2.43 bits per heavy atom. The van der Waals surface area contributed by atoms with Gasteiger partial charge in [0.1, 0.15) is 0 Å². The molecule has 1 aliphatic carbocycles. The number of hydrogen-bond acceptors (Lipinski definition) is 3. The number of hydrogen-bond donors (Lipinski definition) is 1. The highest BCUT2D eigenvalue weighted by Crippen LogP contribution is 2.27. The summed E-state index contributed by atoms with van der Waals surface area (Å²) in [6, 6.07) is 0. The van der Waals surface area contributed by atoms with Crippen molar-refractivity contribution < 1.29 is 14.7 Å². The highest BCUT2D eigenvalue weighted by Gasteiger charge is 2.17. The van der Waals surface area contributed by atoms with Crippen LogP contribution in [0.15, 0.2) is 5.16 Å². The van der Waals surface area contributed by atoms with E-state index in [0.717, 1.165) is 18.8 Å². The summed E-state index contributed by atoms with van der Waals surface area (Å²) < 4.78 is 0. The molecule has 0 aromatic heterocycles. The van der Waals surface area contributed by atoms with Crippen LogP contribution in [0.5, 0.6) is 0 Å². The first-order valence-electron chi connectivity index (χ1n) is 5.05. The summed E-state index contributed by atoms with van der Waals surface area (Å²) in [4.78, 5) is 14.7. The summed E-state index contributed by atoms with van der Waals surface area (Å²) in [5.74, 6) is 0.228. The molecule has 0 aromatic rings. The van der Waals surface area contributed by atoms with E-state index >= 15 is 0 Å². The quantitative estimate of drug-likeness (QED) is 0.555. The number of rotatable bonds is 4. The van der Waals surface area contributed by atoms with E-state index < -0.39 is 5.97 Å². The molecule has 0 aliphatic heterocycles. The van der Waals surface area contributed by atoms with Gasteiger partial charge in [-0.25, -0.2) is 4.79 Å². The van der Waals surface area contributed by atoms with Gasteiger partial charge in [-0.3, -0.25) is 0 Å². The molecule has 2 unspecified atom stereocenters. The molecule has 1 rings (SSSR count). The summed E-state index contributed by atoms with van der Waals surface area (Å²) >= 11 is 0. The van der Waals surface area contributed by atoms with Gasteiger partial charge in [-0.1, -0.05) is 24.9 Å². The smallest absolute Gasteiger partial charge is 0.344 e. The van der Waals surface area contributed by atoms with E-state index in [1.165, 1.54) is 12.8 Å². The summed E-state index contributed by atoms with van der Waals surface area (Å²) in [6.07, 6.45) is 6.56. The molecular weight excluding hydrogens is 182 g/mol. The summed E-state index contributed by atoms with van der Waals surface area (Å²) in [5, 5.41) is 12.0. The fraction of sp³-hybridized carbons (Fsp3) is 0.800. The second kappa shape index (κ2) is 5.62. The van der Waals surface area contributed by atoms with Crippen molar-refractivity contribution in [1.82, 2.24) is 0 Å². The number of carboxylic acid groups (broad SMARTS) is 1. The highest BCUT2D eigenvalue weighted by atomic mass is 16.6. The Balaban J connectivity index is 2.18. The minimum Gasteiger partial charge on any atom is -0.479 e. The van der Waals surface area contributed by atoms with Crippen LogP contribution in [0.4, 0.5) is 0 Å². The van der Waals surface area contributed by atoms with Crippen molar-refractivity contribution in [3.05, 3.63) is 0 Å². The molecular formula is C10H17NO3. The normalized spacial score (nSPS) is 27.8. The Morgan fingerprint density at radius 1 is 1.64 bits per heavy atom. The summed E-state index contributed by atoms with van der Waals surface area (Å²) in [7, 11) is 0. The zero-order valence-corrected chi connectivity index (χ0v) is 8.48. The van der Waals surface area contributed by atoms with Crippen LogP contribution in [0.3, 0.4) is 0 Å². The molecule has 0 saturated heterocycles. The maximum atomic E-state index is 10.1. The maximum Gasteiger partial charge on any atom is 0.344 e. The van der Waals surface area contributed by atoms with Gasteiger partial charge in [0.2, 0.25) is 6.61 Å². The number of nitrogens with zero attached hydrogens (tertiary/aromatic N) is 1. The van der Waals surface area contributed by atoms with E-state index in [-0.39, 0.29) is 6.61 Å². The van der Waals surface area contributed by atoms with Crippen LogP contribution >= 0.6 is 0 Å². The SMILES string of the molecule is CC1CCCC(/C=N/OCC(=O)O)C1. The monoisotopic (exact) mass is 199 g/mol. The standard InChI is InChI=1S/C10H17NO3/c1-8-3-2-4-9(5-8)6-11-14-7-10(12)13/h6,8-9H,2-5,7H2,1H3,(H,12,13)/b11-6+. The number of carbonyl (C=O) groups is 1. The molecule has 0 spiro atoms. The Morgan fingerprint density at radius 3 is 3.07 bits per heavy atom. The Kier molecular flexibility index (Phi) is 4.43. The average molecular weight is 199 g/mol. The van der Waals surface area contributed by atoms with Crippen LogP contribution in [-0.2, 0) is 9.63 Å². The van der Waals surface area contributed by atoms with Crippen LogP contribution in [-0.4, -0.2) is 23.9 Å². The molecule has 1 aliphatic rings. The molecule has 1 N–H and O–H groups in total. The zero-order chi connectivity index (χ0) is 10.4. The van der Waals surface area contributed by atoms with E-state index in [1.54, 1.807) is 6.21 Å². The predicted molar refractivity (Wildman–Crippen MR) is 53.2 cm³/mol. The number of carboxylic acids is 1. The van der Waals surface area contributed by atoms with Crippen LogP contribution in [0, 0.1) is 11.8 Å². The van der Waals surface area contributed by atoms with Gasteiger partial charge in [0, 0.05) is 6.21 Å². The lowest BCUT2D eigenvalue weighted by Gasteiger charge is -2.23. The van der Waals surface area contributed by atoms with Gasteiger partial charge in [-0.05, 0) is 24.7 Å². The van der Waals surface area contributed by atoms with Crippen LogP contribution in [0.1, 0.15) is 32.6 Å². The lowest BCUT2D eigenvalue weighted by atomic mass is 9.83. The molecule has 14 heavy (non-hydrogen) atoms. The third-order valence-electron chi connectivity index (χ3n) is 2.51. The molecule has 0 amide bonds. The Labute approximate surface area is 83.9 Å². The molecule has 0 heterocycles. The fourth-order valence-corrected chi connectivity index (χ4v) is 1.84. The van der Waals surface area contributed by atoms with Gasteiger partial charge in [-0.15, -0.1) is 0 Å². The second-order valence-corrected chi connectivity index (χ2v) is 3.95. The first kappa shape index (κ1) is 11.0. The van der Waals surface area contributed by atoms with Gasteiger partial charge >= 0.3 is 5.97 Å². The largest absolute Gasteiger partial charge is 0.479 e. The van der Waals surface area contributed by atoms with Gasteiger partial charge in [0.15, 0.2) is 0 Å². The first-order chi connectivity index (χ1) is 6.68. The van der Waals surface area contributed by atoms with Crippen molar-refractivity contribution in [2.24, 2.45) is 17.0 Å². The zero-order valence-electron chi connectivity index (χ0n) is 8.48. The molecule has 4 heteroatoms. The molecule has 80 valence electrons. The predicted octanol–water partition coefficient (Wildman–Crippen LogP) is 1.90. The molecule has 1 fully saturated rings. The van der Waals surface area contributed by atoms with Gasteiger partial charge in [-0.2, -0.15) is 0 Å². The minimum absolute atomic E-state index is 0.348. The lowest BCUT2D eigenvalue weighted by molar-refractivity contribution is -0.142. The van der Waals surface area contributed by atoms with Crippen LogP contribution < -0.4 is 0 Å². The van der Waals surface area contributed by atoms with Crippen molar-refractivity contribution in [3.8, 4) is 0 Å². The van der Waals surface area contributed by atoms with E-state index in [0.29, 0.717) is 5.92 Å². The molecule has 4 nitrogen and oxygen atoms in total. The van der Waals surface area contributed by atoms with Crippen molar-refractivity contribution >= 4 is 12.2 Å². The Bertz CT molecular complexity index is 215. The Hall–Kier alpha value is -1.06. The van der Waals surface area contributed by atoms with Gasteiger partial charge in [0.25, 0.3) is 0 Å². The summed E-state index contributed by atoms with van der Waals surface area (Å²) in [6.45, 7) is 1.89. The topological polar surface area (TPSA) is 58.9 Å². The van der Waals surface area contributed by atoms with Crippen LogP contribution in [0.2, 0.25) is 0 Å². The molecule has 2 atom stereocenters. The molecule has 1 saturated carbocycles. The van der Waals surface area contributed by atoms with Gasteiger partial charge < -0.3 is 9.94 Å². The lowest BCUT2D eigenvalue weighted by Crippen LogP contribution is -2.14. The minimum atomic E-state index is -0.987. The summed E-state index contributed by atoms with van der Waals surface area (Å²) in [5.41, 5.74) is 0. The van der Waals surface area contributed by atoms with Crippen molar-refractivity contribution in [3.63, 3.8) is 0 Å². The molecule has 0 radical (unpaired) electrons. The molecule has 0 aromatic carbocycles. The van der Waals surface area contributed by atoms with E-state index in [9.17, 15) is 4.79 Å². The third-order valence-corrected chi connectivity index (χ3v) is 2.51. The second-order valence-electron chi connectivity index (χ2n) is 3.95. The number of aliphatic carboxylic acids is 1. The number of oxime groups is 1. The van der Waals surface area contributed by atoms with Crippen molar-refractivity contribution in [1.29, 1.82) is 0 Å². The van der Waals surface area contributed by atoms with Crippen LogP contribution in [0.25, 0.3) is 0 Å². The van der Waals surface area contributed by atoms with E-state index in [1.807, 2.05) is 0 Å². The van der Waals surface area contributed by atoms with Crippen molar-refractivity contribution in [2.75, 3.05) is 6.61 Å². The third kappa shape index (κ3) is 4.25. The fourth-order valence-electron chi connectivity index (χ4n) is 1.84. The maximum absolute atomic E-state index is 10.1. The van der Waals surface area contributed by atoms with E-state index in [2.05, 4.69) is 16.9 Å². The average Bonchev–Trinajstić information content (AvgIpc) is 2.12. The van der Waals surface area contributed by atoms with Crippen molar-refractivity contribution in [2.45, 2.75) is 32.6 Å². The molecule has 0 bridgehead atoms.